The maximum absolute atomic E-state index is 12.0. The number of halogens is 1. The fourth-order valence-corrected chi connectivity index (χ4v) is 1.93. The van der Waals surface area contributed by atoms with E-state index in [0.29, 0.717) is 11.4 Å². The molecular weight excluding hydrogens is 312 g/mol. The van der Waals surface area contributed by atoms with Crippen LogP contribution in [0.15, 0.2) is 39.7 Å². The molecule has 0 fully saturated rings. The number of hydrogen-bond donors (Lipinski definition) is 1. The van der Waals surface area contributed by atoms with Gasteiger partial charge in [0.15, 0.2) is 0 Å². The zero-order valence-electron chi connectivity index (χ0n) is 10.1. The molecule has 19 heavy (non-hydrogen) atoms. The van der Waals surface area contributed by atoms with Crippen LogP contribution < -0.4 is 5.56 Å². The monoisotopic (exact) mass is 322 g/mol. The van der Waals surface area contributed by atoms with E-state index in [0.717, 1.165) is 4.47 Å². The molecule has 2 aromatic heterocycles. The van der Waals surface area contributed by atoms with Crippen LogP contribution in [0, 0.1) is 6.92 Å². The minimum Gasteiger partial charge on any atom is -0.477 e. The van der Waals surface area contributed by atoms with Crippen molar-refractivity contribution in [1.29, 1.82) is 0 Å². The van der Waals surface area contributed by atoms with Gasteiger partial charge >= 0.3 is 5.97 Å². The van der Waals surface area contributed by atoms with Crippen LogP contribution in [0.5, 0.6) is 0 Å². The third kappa shape index (κ3) is 2.90. The van der Waals surface area contributed by atoms with Crippen molar-refractivity contribution in [2.24, 2.45) is 0 Å². The highest BCUT2D eigenvalue weighted by atomic mass is 79.9. The first-order valence-corrected chi connectivity index (χ1v) is 6.32. The molecule has 0 radical (unpaired) electrons. The van der Waals surface area contributed by atoms with E-state index in [4.69, 9.17) is 5.11 Å². The third-order valence-corrected chi connectivity index (χ3v) is 3.20. The van der Waals surface area contributed by atoms with Crippen molar-refractivity contribution in [2.75, 3.05) is 0 Å². The van der Waals surface area contributed by atoms with Crippen molar-refractivity contribution in [3.63, 3.8) is 0 Å². The lowest BCUT2D eigenvalue weighted by Gasteiger charge is -2.10. The van der Waals surface area contributed by atoms with Gasteiger partial charge in [0.1, 0.15) is 5.56 Å². The first-order valence-electron chi connectivity index (χ1n) is 5.53. The number of aromatic nitrogens is 2. The summed E-state index contributed by atoms with van der Waals surface area (Å²) in [5.41, 5.74) is 0.635. The van der Waals surface area contributed by atoms with Crippen molar-refractivity contribution in [3.8, 4) is 0 Å². The zero-order chi connectivity index (χ0) is 14.0. The average Bonchev–Trinajstić information content (AvgIpc) is 2.36. The number of hydrogen-bond acceptors (Lipinski definition) is 3. The van der Waals surface area contributed by atoms with Gasteiger partial charge in [0, 0.05) is 16.4 Å². The lowest BCUT2D eigenvalue weighted by Crippen LogP contribution is -2.28. The lowest BCUT2D eigenvalue weighted by atomic mass is 10.2. The minimum absolute atomic E-state index is 0.234. The number of pyridine rings is 2. The molecule has 0 saturated heterocycles. The Balaban J connectivity index is 2.45. The van der Waals surface area contributed by atoms with E-state index in [1.54, 1.807) is 25.3 Å². The Bertz CT molecular complexity index is 677. The summed E-state index contributed by atoms with van der Waals surface area (Å²) < 4.78 is 2.25. The molecule has 0 aliphatic heterocycles. The molecule has 5 nitrogen and oxygen atoms in total. The van der Waals surface area contributed by atoms with E-state index >= 15 is 0 Å². The summed E-state index contributed by atoms with van der Waals surface area (Å²) >= 11 is 3.28. The second-order valence-corrected chi connectivity index (χ2v) is 4.97. The Labute approximate surface area is 117 Å². The lowest BCUT2D eigenvalue weighted by molar-refractivity contribution is 0.0694. The molecule has 0 saturated carbocycles. The standard InChI is InChI=1S/C13H11BrN2O3/c1-8-2-5-11(13(18)19)12(17)16(8)7-10-4-3-9(14)6-15-10/h2-6H,7H2,1H3,(H,18,19). The van der Waals surface area contributed by atoms with Crippen molar-refractivity contribution < 1.29 is 9.90 Å². The molecule has 0 aliphatic carbocycles. The molecule has 0 aliphatic rings. The van der Waals surface area contributed by atoms with Crippen molar-refractivity contribution in [1.82, 2.24) is 9.55 Å². The third-order valence-electron chi connectivity index (χ3n) is 2.73. The van der Waals surface area contributed by atoms with Gasteiger partial charge in [-0.05, 0) is 47.1 Å². The van der Waals surface area contributed by atoms with Gasteiger partial charge in [-0.25, -0.2) is 4.79 Å². The largest absolute Gasteiger partial charge is 0.477 e. The van der Waals surface area contributed by atoms with Crippen LogP contribution in [0.25, 0.3) is 0 Å². The molecule has 0 bridgehead atoms. The number of carboxylic acid groups (broad SMARTS) is 1. The normalized spacial score (nSPS) is 10.4. The highest BCUT2D eigenvalue weighted by molar-refractivity contribution is 9.10. The van der Waals surface area contributed by atoms with Crippen LogP contribution in [-0.2, 0) is 6.54 Å². The van der Waals surface area contributed by atoms with E-state index < -0.39 is 11.5 Å². The van der Waals surface area contributed by atoms with Gasteiger partial charge in [-0.15, -0.1) is 0 Å². The van der Waals surface area contributed by atoms with Crippen LogP contribution in [-0.4, -0.2) is 20.6 Å². The maximum Gasteiger partial charge on any atom is 0.341 e. The molecule has 2 rings (SSSR count). The number of carboxylic acids is 1. The molecule has 0 amide bonds. The Morgan fingerprint density at radius 1 is 1.37 bits per heavy atom. The summed E-state index contributed by atoms with van der Waals surface area (Å²) in [7, 11) is 0. The zero-order valence-corrected chi connectivity index (χ0v) is 11.7. The Morgan fingerprint density at radius 2 is 2.11 bits per heavy atom. The first-order chi connectivity index (χ1) is 8.99. The van der Waals surface area contributed by atoms with Crippen LogP contribution in [0.2, 0.25) is 0 Å². The van der Waals surface area contributed by atoms with E-state index in [9.17, 15) is 9.59 Å². The summed E-state index contributed by atoms with van der Waals surface area (Å²) in [4.78, 5) is 27.2. The van der Waals surface area contributed by atoms with Crippen molar-refractivity contribution in [3.05, 3.63) is 62.2 Å². The van der Waals surface area contributed by atoms with E-state index in [2.05, 4.69) is 20.9 Å². The minimum atomic E-state index is -1.22. The Kier molecular flexibility index (Phi) is 3.80. The second-order valence-electron chi connectivity index (χ2n) is 4.05. The van der Waals surface area contributed by atoms with Gasteiger partial charge < -0.3 is 9.67 Å². The molecule has 0 spiro atoms. The highest BCUT2D eigenvalue weighted by Gasteiger charge is 2.12. The topological polar surface area (TPSA) is 72.2 Å². The molecule has 0 atom stereocenters. The SMILES string of the molecule is Cc1ccc(C(=O)O)c(=O)n1Cc1ccc(Br)cn1. The van der Waals surface area contributed by atoms with Gasteiger partial charge in [-0.3, -0.25) is 9.78 Å². The van der Waals surface area contributed by atoms with Crippen molar-refractivity contribution in [2.45, 2.75) is 13.5 Å². The summed E-state index contributed by atoms with van der Waals surface area (Å²) in [6.07, 6.45) is 1.64. The molecule has 2 aromatic rings. The number of carbonyl (C=O) groups is 1. The Morgan fingerprint density at radius 3 is 2.68 bits per heavy atom. The molecular formula is C13H11BrN2O3. The molecule has 6 heteroatoms. The summed E-state index contributed by atoms with van der Waals surface area (Å²) in [5.74, 6) is -1.22. The van der Waals surface area contributed by atoms with E-state index in [-0.39, 0.29) is 12.1 Å². The van der Waals surface area contributed by atoms with Crippen LogP contribution in [0.3, 0.4) is 0 Å². The number of nitrogens with zero attached hydrogens (tertiary/aromatic N) is 2. The quantitative estimate of drug-likeness (QED) is 0.938. The fourth-order valence-electron chi connectivity index (χ4n) is 1.69. The Hall–Kier alpha value is -1.95. The molecule has 0 unspecified atom stereocenters. The van der Waals surface area contributed by atoms with Crippen molar-refractivity contribution >= 4 is 21.9 Å². The van der Waals surface area contributed by atoms with Crippen LogP contribution in [0.1, 0.15) is 21.7 Å². The van der Waals surface area contributed by atoms with Gasteiger partial charge in [0.05, 0.1) is 12.2 Å². The van der Waals surface area contributed by atoms with E-state index in [1.165, 1.54) is 10.6 Å². The number of aromatic carboxylic acids is 1. The van der Waals surface area contributed by atoms with Crippen LogP contribution >= 0.6 is 15.9 Å². The predicted octanol–water partition coefficient (Wildman–Crippen LogP) is 2.06. The molecule has 1 N–H and O–H groups in total. The summed E-state index contributed by atoms with van der Waals surface area (Å²) in [5, 5.41) is 8.95. The highest BCUT2D eigenvalue weighted by Crippen LogP contribution is 2.09. The molecule has 0 aromatic carbocycles. The summed E-state index contributed by atoms with van der Waals surface area (Å²) in [6, 6.07) is 6.54. The molecule has 2 heterocycles. The van der Waals surface area contributed by atoms with Gasteiger partial charge in [0.2, 0.25) is 0 Å². The number of aryl methyl sites for hydroxylation is 1. The first kappa shape index (κ1) is 13.5. The van der Waals surface area contributed by atoms with Crippen LogP contribution in [0.4, 0.5) is 0 Å². The fraction of sp³-hybridized carbons (Fsp3) is 0.154. The van der Waals surface area contributed by atoms with Gasteiger partial charge in [-0.2, -0.15) is 0 Å². The molecule has 98 valence electrons. The van der Waals surface area contributed by atoms with Gasteiger partial charge in [-0.1, -0.05) is 0 Å². The second kappa shape index (κ2) is 5.36. The summed E-state index contributed by atoms with van der Waals surface area (Å²) in [6.45, 7) is 2.00. The van der Waals surface area contributed by atoms with Gasteiger partial charge in [0.25, 0.3) is 5.56 Å². The maximum atomic E-state index is 12.0. The smallest absolute Gasteiger partial charge is 0.341 e. The number of rotatable bonds is 3. The average molecular weight is 323 g/mol. The predicted molar refractivity (Wildman–Crippen MR) is 73.4 cm³/mol. The van der Waals surface area contributed by atoms with E-state index in [1.807, 2.05) is 6.07 Å².